The molecule has 0 aliphatic heterocycles. The smallest absolute Gasteiger partial charge is 0.173 e. The predicted molar refractivity (Wildman–Crippen MR) is 91.1 cm³/mol. The summed E-state index contributed by atoms with van der Waals surface area (Å²) in [4.78, 5) is 9.02. The average Bonchev–Trinajstić information content (AvgIpc) is 3.06. The minimum atomic E-state index is -0.251. The molecule has 0 bridgehead atoms. The molecule has 0 aliphatic rings. The molecule has 0 fully saturated rings. The van der Waals surface area contributed by atoms with Crippen LogP contribution in [0.4, 0.5) is 4.39 Å². The van der Waals surface area contributed by atoms with Crippen LogP contribution in [0, 0.1) is 24.1 Å². The number of hydrogen-bond acceptors (Lipinski definition) is 4. The molecule has 0 spiro atoms. The number of rotatable bonds is 2. The van der Waals surface area contributed by atoms with E-state index in [1.54, 1.807) is 36.0 Å². The summed E-state index contributed by atoms with van der Waals surface area (Å²) in [7, 11) is 0. The van der Waals surface area contributed by atoms with Gasteiger partial charge < -0.3 is 0 Å². The van der Waals surface area contributed by atoms with Crippen molar-refractivity contribution in [3.63, 3.8) is 0 Å². The van der Waals surface area contributed by atoms with Gasteiger partial charge in [-0.2, -0.15) is 10.4 Å². The lowest BCUT2D eigenvalue weighted by Crippen LogP contribution is -1.96. The highest BCUT2D eigenvalue weighted by Gasteiger charge is 2.13. The van der Waals surface area contributed by atoms with Crippen LogP contribution >= 0.6 is 0 Å². The van der Waals surface area contributed by atoms with E-state index in [0.29, 0.717) is 28.2 Å². The molecule has 25 heavy (non-hydrogen) atoms. The molecule has 0 radical (unpaired) electrons. The summed E-state index contributed by atoms with van der Waals surface area (Å²) in [6, 6.07) is 12.5. The van der Waals surface area contributed by atoms with E-state index in [2.05, 4.69) is 21.1 Å². The second-order valence-corrected chi connectivity index (χ2v) is 5.61. The zero-order valence-electron chi connectivity index (χ0n) is 13.3. The number of nitrogens with zero attached hydrogens (tertiary/aromatic N) is 5. The molecular formula is C19H12FN5. The molecule has 5 nitrogen and oxygen atoms in total. The normalized spacial score (nSPS) is 10.8. The quantitative estimate of drug-likeness (QED) is 0.561. The topological polar surface area (TPSA) is 66.9 Å². The Morgan fingerprint density at radius 2 is 2.08 bits per heavy atom. The van der Waals surface area contributed by atoms with Gasteiger partial charge in [0.15, 0.2) is 5.65 Å². The maximum absolute atomic E-state index is 13.6. The number of benzene rings is 1. The molecule has 0 N–H and O–H groups in total. The van der Waals surface area contributed by atoms with Crippen LogP contribution in [0.15, 0.2) is 55.0 Å². The Morgan fingerprint density at radius 3 is 2.88 bits per heavy atom. The van der Waals surface area contributed by atoms with Gasteiger partial charge in [-0.25, -0.2) is 13.9 Å². The maximum atomic E-state index is 13.6. The lowest BCUT2D eigenvalue weighted by atomic mass is 10.0. The summed E-state index contributed by atoms with van der Waals surface area (Å²) in [6.45, 7) is 1.72. The summed E-state index contributed by atoms with van der Waals surface area (Å²) in [5.74, 6) is -0.251. The van der Waals surface area contributed by atoms with Crippen molar-refractivity contribution in [2.45, 2.75) is 6.92 Å². The van der Waals surface area contributed by atoms with Crippen LogP contribution in [-0.2, 0) is 0 Å². The summed E-state index contributed by atoms with van der Waals surface area (Å²) in [6.07, 6.45) is 4.93. The minimum Gasteiger partial charge on any atom is -0.256 e. The molecule has 0 unspecified atom stereocenters. The molecule has 6 heteroatoms. The minimum absolute atomic E-state index is 0.251. The number of nitriles is 1. The number of hydrogen-bond donors (Lipinski definition) is 0. The van der Waals surface area contributed by atoms with Gasteiger partial charge in [0.2, 0.25) is 0 Å². The fourth-order valence-corrected chi connectivity index (χ4v) is 2.73. The Morgan fingerprint density at radius 1 is 1.20 bits per heavy atom. The van der Waals surface area contributed by atoms with E-state index >= 15 is 0 Å². The summed E-state index contributed by atoms with van der Waals surface area (Å²) in [5.41, 5.74) is 4.46. The predicted octanol–water partition coefficient (Wildman–Crippen LogP) is 3.78. The lowest BCUT2D eigenvalue weighted by Gasteiger charge is -2.09. The van der Waals surface area contributed by atoms with Gasteiger partial charge in [-0.1, -0.05) is 0 Å². The van der Waals surface area contributed by atoms with Crippen LogP contribution in [0.2, 0.25) is 0 Å². The Kier molecular flexibility index (Phi) is 3.47. The number of aryl methyl sites for hydroxylation is 1. The van der Waals surface area contributed by atoms with E-state index in [1.807, 2.05) is 18.2 Å². The summed E-state index contributed by atoms with van der Waals surface area (Å²) < 4.78 is 15.1. The first kappa shape index (κ1) is 15.0. The second kappa shape index (κ2) is 5.80. The van der Waals surface area contributed by atoms with Crippen molar-refractivity contribution >= 4 is 5.65 Å². The van der Waals surface area contributed by atoms with Crippen LogP contribution in [-0.4, -0.2) is 19.6 Å². The van der Waals surface area contributed by atoms with Crippen LogP contribution in [0.5, 0.6) is 0 Å². The molecule has 0 aliphatic carbocycles. The number of fused-ring (bicyclic) bond motifs is 1. The second-order valence-electron chi connectivity index (χ2n) is 5.61. The largest absolute Gasteiger partial charge is 0.256 e. The fraction of sp³-hybridized carbons (Fsp3) is 0.0526. The first-order valence-corrected chi connectivity index (χ1v) is 7.64. The molecule has 0 amide bonds. The molecule has 120 valence electrons. The molecule has 0 saturated carbocycles. The molecule has 4 aromatic rings. The van der Waals surface area contributed by atoms with Crippen molar-refractivity contribution in [1.82, 2.24) is 19.6 Å². The first-order valence-electron chi connectivity index (χ1n) is 7.64. The van der Waals surface area contributed by atoms with Crippen LogP contribution in [0.1, 0.15) is 11.1 Å². The van der Waals surface area contributed by atoms with Crippen molar-refractivity contribution in [3.8, 4) is 28.6 Å². The highest BCUT2D eigenvalue weighted by Crippen LogP contribution is 2.30. The van der Waals surface area contributed by atoms with E-state index in [-0.39, 0.29) is 5.82 Å². The fourth-order valence-electron chi connectivity index (χ4n) is 2.73. The maximum Gasteiger partial charge on any atom is 0.173 e. The van der Waals surface area contributed by atoms with Gasteiger partial charge in [-0.15, -0.1) is 0 Å². The molecular weight excluding hydrogens is 317 g/mol. The van der Waals surface area contributed by atoms with Gasteiger partial charge in [0, 0.05) is 23.5 Å². The number of aromatic nitrogens is 4. The Balaban J connectivity index is 1.92. The van der Waals surface area contributed by atoms with E-state index in [0.717, 1.165) is 11.1 Å². The van der Waals surface area contributed by atoms with E-state index < -0.39 is 0 Å². The van der Waals surface area contributed by atoms with Crippen molar-refractivity contribution in [2.75, 3.05) is 0 Å². The van der Waals surface area contributed by atoms with E-state index in [9.17, 15) is 9.65 Å². The number of halogens is 1. The van der Waals surface area contributed by atoms with Gasteiger partial charge in [0.05, 0.1) is 17.6 Å². The summed E-state index contributed by atoms with van der Waals surface area (Å²) in [5, 5.41) is 13.3. The Hall–Kier alpha value is -3.59. The third-order valence-electron chi connectivity index (χ3n) is 4.00. The molecule has 1 aromatic carbocycles. The highest BCUT2D eigenvalue weighted by atomic mass is 19.1. The summed E-state index contributed by atoms with van der Waals surface area (Å²) >= 11 is 0. The van der Waals surface area contributed by atoms with Crippen molar-refractivity contribution in [3.05, 3.63) is 71.9 Å². The van der Waals surface area contributed by atoms with Gasteiger partial charge in [-0.3, -0.25) is 4.98 Å². The van der Waals surface area contributed by atoms with Crippen LogP contribution in [0.3, 0.4) is 0 Å². The van der Waals surface area contributed by atoms with E-state index in [1.165, 1.54) is 12.3 Å². The first-order chi connectivity index (χ1) is 12.2. The zero-order chi connectivity index (χ0) is 17.4. The van der Waals surface area contributed by atoms with Gasteiger partial charge >= 0.3 is 0 Å². The van der Waals surface area contributed by atoms with Gasteiger partial charge in [0.1, 0.15) is 17.4 Å². The number of pyridine rings is 1. The molecule has 0 saturated heterocycles. The lowest BCUT2D eigenvalue weighted by molar-refractivity contribution is 0.619. The molecule has 3 heterocycles. The molecule has 4 rings (SSSR count). The Bertz CT molecular complexity index is 1140. The van der Waals surface area contributed by atoms with Gasteiger partial charge in [-0.05, 0) is 48.9 Å². The van der Waals surface area contributed by atoms with E-state index in [4.69, 9.17) is 0 Å². The Labute approximate surface area is 143 Å². The van der Waals surface area contributed by atoms with Gasteiger partial charge in [0.25, 0.3) is 0 Å². The SMILES string of the molecule is Cc1cc(-c2ncccc2-c2ccn3ncc(C#N)c3n2)ccc1F. The average molecular weight is 329 g/mol. The third-order valence-corrected chi connectivity index (χ3v) is 4.00. The monoisotopic (exact) mass is 329 g/mol. The highest BCUT2D eigenvalue weighted by molar-refractivity contribution is 5.79. The van der Waals surface area contributed by atoms with Crippen molar-refractivity contribution in [2.24, 2.45) is 0 Å². The third kappa shape index (κ3) is 2.52. The van der Waals surface area contributed by atoms with Crippen LogP contribution < -0.4 is 0 Å². The molecule has 0 atom stereocenters. The molecule has 3 aromatic heterocycles. The van der Waals surface area contributed by atoms with Crippen molar-refractivity contribution < 1.29 is 4.39 Å². The standard InChI is InChI=1S/C19H12FN5/c1-12-9-13(4-5-16(12)20)18-15(3-2-7-22-18)17-6-8-25-19(24-17)14(10-21)11-23-25/h2-9,11H,1H3. The zero-order valence-corrected chi connectivity index (χ0v) is 13.3. The van der Waals surface area contributed by atoms with Crippen molar-refractivity contribution in [1.29, 1.82) is 5.26 Å². The van der Waals surface area contributed by atoms with Crippen LogP contribution in [0.25, 0.3) is 28.2 Å².